The largest absolute Gasteiger partial charge is 0.504 e. The van der Waals surface area contributed by atoms with Crippen molar-refractivity contribution in [2.24, 2.45) is 0 Å². The Labute approximate surface area is 100 Å². The molecule has 2 aliphatic rings. The number of hydrogen-bond donors (Lipinski definition) is 3. The van der Waals surface area contributed by atoms with Crippen LogP contribution < -0.4 is 5.43 Å². The van der Waals surface area contributed by atoms with Crippen molar-refractivity contribution in [1.29, 1.82) is 0 Å². The zero-order chi connectivity index (χ0) is 12.9. The summed E-state index contributed by atoms with van der Waals surface area (Å²) in [6.07, 6.45) is 0. The SMILES string of the molecule is O=c1cc(O)c(O)c2oc3c(O)cccc3cc1-2. The molecule has 0 bridgehead atoms. The number of benzene rings is 2. The summed E-state index contributed by atoms with van der Waals surface area (Å²) in [5, 5.41) is 29.2. The lowest BCUT2D eigenvalue weighted by atomic mass is 10.1. The van der Waals surface area contributed by atoms with Crippen LogP contribution in [0, 0.1) is 0 Å². The van der Waals surface area contributed by atoms with Crippen molar-refractivity contribution in [1.82, 2.24) is 0 Å². The Hall–Kier alpha value is -2.69. The summed E-state index contributed by atoms with van der Waals surface area (Å²) in [6.45, 7) is 0. The molecule has 90 valence electrons. The molecule has 1 heterocycles. The van der Waals surface area contributed by atoms with Crippen LogP contribution in [0.3, 0.4) is 0 Å². The highest BCUT2D eigenvalue weighted by Gasteiger charge is 2.20. The van der Waals surface area contributed by atoms with Crippen LogP contribution in [0.5, 0.6) is 17.2 Å². The van der Waals surface area contributed by atoms with Crippen molar-refractivity contribution in [2.75, 3.05) is 0 Å². The molecular formula is C13H8O5. The third kappa shape index (κ3) is 1.31. The minimum Gasteiger partial charge on any atom is -0.504 e. The van der Waals surface area contributed by atoms with E-state index in [4.69, 9.17) is 4.42 Å². The van der Waals surface area contributed by atoms with Crippen molar-refractivity contribution in [2.45, 2.75) is 0 Å². The van der Waals surface area contributed by atoms with E-state index < -0.39 is 16.9 Å². The van der Waals surface area contributed by atoms with E-state index in [0.29, 0.717) is 5.39 Å². The first-order valence-corrected chi connectivity index (χ1v) is 5.18. The molecule has 0 aromatic heterocycles. The molecule has 5 heteroatoms. The second-order valence-corrected chi connectivity index (χ2v) is 3.93. The van der Waals surface area contributed by atoms with E-state index in [-0.39, 0.29) is 22.7 Å². The van der Waals surface area contributed by atoms with Crippen LogP contribution in [0.4, 0.5) is 0 Å². The van der Waals surface area contributed by atoms with Gasteiger partial charge in [0, 0.05) is 11.5 Å². The number of phenols is 3. The molecule has 0 saturated carbocycles. The number of rotatable bonds is 0. The van der Waals surface area contributed by atoms with Gasteiger partial charge in [-0.2, -0.15) is 0 Å². The third-order valence-electron chi connectivity index (χ3n) is 2.76. The highest BCUT2D eigenvalue weighted by Crippen LogP contribution is 2.39. The molecule has 5 nitrogen and oxygen atoms in total. The summed E-state index contributed by atoms with van der Waals surface area (Å²) in [5.41, 5.74) is -0.178. The normalized spacial score (nSPS) is 11.1. The van der Waals surface area contributed by atoms with E-state index in [1.807, 2.05) is 0 Å². The van der Waals surface area contributed by atoms with Gasteiger partial charge < -0.3 is 19.7 Å². The summed E-state index contributed by atoms with van der Waals surface area (Å²) < 4.78 is 5.31. The minimum atomic E-state index is -0.550. The molecule has 3 N–H and O–H groups in total. The van der Waals surface area contributed by atoms with E-state index in [1.54, 1.807) is 12.1 Å². The first-order chi connectivity index (χ1) is 8.58. The summed E-state index contributed by atoms with van der Waals surface area (Å²) in [6, 6.07) is 7.12. The van der Waals surface area contributed by atoms with Gasteiger partial charge in [0.25, 0.3) is 0 Å². The van der Waals surface area contributed by atoms with Crippen LogP contribution in [0.2, 0.25) is 0 Å². The zero-order valence-electron chi connectivity index (χ0n) is 9.04. The molecule has 1 aliphatic heterocycles. The van der Waals surface area contributed by atoms with Crippen LogP contribution in [0.25, 0.3) is 22.3 Å². The molecule has 3 rings (SSSR count). The van der Waals surface area contributed by atoms with Gasteiger partial charge in [-0.05, 0) is 12.1 Å². The van der Waals surface area contributed by atoms with Crippen LogP contribution >= 0.6 is 0 Å². The van der Waals surface area contributed by atoms with Gasteiger partial charge >= 0.3 is 0 Å². The fourth-order valence-corrected chi connectivity index (χ4v) is 1.89. The highest BCUT2D eigenvalue weighted by atomic mass is 16.4. The Morgan fingerprint density at radius 2 is 1.78 bits per heavy atom. The van der Waals surface area contributed by atoms with Crippen LogP contribution in [-0.2, 0) is 0 Å². The Bertz CT molecular complexity index is 787. The molecule has 18 heavy (non-hydrogen) atoms. The Morgan fingerprint density at radius 3 is 2.56 bits per heavy atom. The van der Waals surface area contributed by atoms with Gasteiger partial charge in [-0.3, -0.25) is 4.79 Å². The summed E-state index contributed by atoms with van der Waals surface area (Å²) >= 11 is 0. The van der Waals surface area contributed by atoms with E-state index in [0.717, 1.165) is 6.07 Å². The monoisotopic (exact) mass is 244 g/mol. The Kier molecular flexibility index (Phi) is 1.98. The van der Waals surface area contributed by atoms with Crippen molar-refractivity contribution in [3.05, 3.63) is 40.6 Å². The molecule has 0 atom stereocenters. The highest BCUT2D eigenvalue weighted by molar-refractivity contribution is 5.88. The Morgan fingerprint density at radius 1 is 1.00 bits per heavy atom. The minimum absolute atomic E-state index is 0.107. The summed E-state index contributed by atoms with van der Waals surface area (Å²) in [7, 11) is 0. The topological polar surface area (TPSA) is 90.9 Å². The second-order valence-electron chi connectivity index (χ2n) is 3.93. The van der Waals surface area contributed by atoms with Crippen molar-refractivity contribution < 1.29 is 19.7 Å². The van der Waals surface area contributed by atoms with E-state index in [2.05, 4.69) is 0 Å². The van der Waals surface area contributed by atoms with Crippen LogP contribution in [-0.4, -0.2) is 15.3 Å². The van der Waals surface area contributed by atoms with E-state index in [9.17, 15) is 20.1 Å². The number of phenolic OH excluding ortho intramolecular Hbond substituents is 3. The molecular weight excluding hydrogens is 236 g/mol. The average molecular weight is 244 g/mol. The van der Waals surface area contributed by atoms with Gasteiger partial charge in [0.15, 0.2) is 28.3 Å². The van der Waals surface area contributed by atoms with Crippen molar-refractivity contribution >= 4 is 11.0 Å². The van der Waals surface area contributed by atoms with Crippen LogP contribution in [0.15, 0.2) is 39.5 Å². The smallest absolute Gasteiger partial charge is 0.202 e. The Balaban J connectivity index is 2.58. The molecule has 0 unspecified atom stereocenters. The van der Waals surface area contributed by atoms with Crippen molar-refractivity contribution in [3.8, 4) is 28.6 Å². The predicted octanol–water partition coefficient (Wildman–Crippen LogP) is 2.01. The fourth-order valence-electron chi connectivity index (χ4n) is 1.89. The molecule has 1 aromatic rings. The molecule has 0 saturated heterocycles. The quantitative estimate of drug-likeness (QED) is 0.415. The number of hydrogen-bond acceptors (Lipinski definition) is 5. The zero-order valence-corrected chi connectivity index (χ0v) is 9.04. The number of aromatic hydroxyl groups is 3. The lowest BCUT2D eigenvalue weighted by Gasteiger charge is -2.09. The lowest BCUT2D eigenvalue weighted by Crippen LogP contribution is -2.04. The number of fused-ring (bicyclic) bond motifs is 2. The summed E-state index contributed by atoms with van der Waals surface area (Å²) in [4.78, 5) is 11.7. The average Bonchev–Trinajstić information content (AvgIpc) is 2.35. The maximum absolute atomic E-state index is 11.7. The molecule has 0 amide bonds. The molecule has 0 radical (unpaired) electrons. The molecule has 0 fully saturated rings. The maximum Gasteiger partial charge on any atom is 0.202 e. The standard InChI is InChI=1S/C13H8O5/c14-8-3-1-2-6-4-7-9(15)5-10(16)11(17)13(7)18-12(6)8/h1-5,14,16-17H. The maximum atomic E-state index is 11.7. The molecule has 0 spiro atoms. The van der Waals surface area contributed by atoms with Gasteiger partial charge in [-0.1, -0.05) is 12.1 Å². The predicted molar refractivity (Wildman–Crippen MR) is 64.1 cm³/mol. The van der Waals surface area contributed by atoms with Gasteiger partial charge in [0.2, 0.25) is 5.75 Å². The number of para-hydroxylation sites is 1. The van der Waals surface area contributed by atoms with E-state index in [1.165, 1.54) is 12.1 Å². The van der Waals surface area contributed by atoms with Gasteiger partial charge in [-0.25, -0.2) is 0 Å². The van der Waals surface area contributed by atoms with Gasteiger partial charge in [-0.15, -0.1) is 0 Å². The van der Waals surface area contributed by atoms with Crippen LogP contribution in [0.1, 0.15) is 0 Å². The fraction of sp³-hybridized carbons (Fsp3) is 0. The van der Waals surface area contributed by atoms with E-state index >= 15 is 0 Å². The molecule has 1 aromatic carbocycles. The van der Waals surface area contributed by atoms with Gasteiger partial charge in [0.1, 0.15) is 0 Å². The lowest BCUT2D eigenvalue weighted by molar-refractivity contribution is 0.391. The first-order valence-electron chi connectivity index (χ1n) is 5.18. The second kappa shape index (κ2) is 3.40. The van der Waals surface area contributed by atoms with Gasteiger partial charge in [0.05, 0.1) is 5.56 Å². The van der Waals surface area contributed by atoms with Crippen molar-refractivity contribution in [3.63, 3.8) is 0 Å². The summed E-state index contributed by atoms with van der Waals surface area (Å²) in [5.74, 6) is -1.32. The first kappa shape index (κ1) is 10.5. The molecule has 1 aliphatic carbocycles. The third-order valence-corrected chi connectivity index (χ3v) is 2.76.